The summed E-state index contributed by atoms with van der Waals surface area (Å²) in [4.78, 5) is 1.11. The lowest BCUT2D eigenvalue weighted by Crippen LogP contribution is -2.14. The Hall–Kier alpha value is -0.980. The van der Waals surface area contributed by atoms with Gasteiger partial charge >= 0.3 is 0 Å². The summed E-state index contributed by atoms with van der Waals surface area (Å²) in [6, 6.07) is 3.65. The first kappa shape index (κ1) is 10.5. The molecule has 7 heteroatoms. The molecule has 0 saturated carbocycles. The first-order valence-corrected chi connectivity index (χ1v) is 5.62. The summed E-state index contributed by atoms with van der Waals surface area (Å²) in [7, 11) is 0. The van der Waals surface area contributed by atoms with Crippen LogP contribution in [0.15, 0.2) is 12.1 Å². The Morgan fingerprint density at radius 2 is 2.40 bits per heavy atom. The second kappa shape index (κ2) is 4.26. The van der Waals surface area contributed by atoms with Crippen LogP contribution in [0.25, 0.3) is 0 Å². The fraction of sp³-hybridized carbons (Fsp3) is 0.375. The molecule has 0 saturated heterocycles. The first-order valence-electron chi connectivity index (χ1n) is 4.42. The van der Waals surface area contributed by atoms with E-state index >= 15 is 0 Å². The van der Waals surface area contributed by atoms with Crippen LogP contribution in [0.1, 0.15) is 23.7 Å². The molecule has 0 radical (unpaired) electrons. The predicted octanol–water partition coefficient (Wildman–Crippen LogP) is 1.46. The SMILES string of the molecule is CC(N)c1nnnn1Cc1ccc(Cl)s1. The second-order valence-electron chi connectivity index (χ2n) is 3.19. The summed E-state index contributed by atoms with van der Waals surface area (Å²) in [5.41, 5.74) is 5.73. The van der Waals surface area contributed by atoms with Crippen molar-refractivity contribution >= 4 is 22.9 Å². The highest BCUT2D eigenvalue weighted by atomic mass is 35.5. The van der Waals surface area contributed by atoms with Crippen molar-refractivity contribution in [2.75, 3.05) is 0 Å². The maximum atomic E-state index is 5.84. The average molecular weight is 244 g/mol. The molecule has 1 unspecified atom stereocenters. The zero-order valence-electron chi connectivity index (χ0n) is 8.09. The van der Waals surface area contributed by atoms with Gasteiger partial charge in [0.15, 0.2) is 5.82 Å². The minimum Gasteiger partial charge on any atom is -0.322 e. The molecule has 80 valence electrons. The topological polar surface area (TPSA) is 69.6 Å². The van der Waals surface area contributed by atoms with Crippen molar-refractivity contribution in [3.05, 3.63) is 27.2 Å². The van der Waals surface area contributed by atoms with Crippen LogP contribution in [0.3, 0.4) is 0 Å². The van der Waals surface area contributed by atoms with E-state index in [2.05, 4.69) is 15.5 Å². The number of nitrogens with two attached hydrogens (primary N) is 1. The fourth-order valence-corrected chi connectivity index (χ4v) is 2.30. The molecule has 0 spiro atoms. The number of hydrogen-bond donors (Lipinski definition) is 1. The van der Waals surface area contributed by atoms with E-state index in [0.29, 0.717) is 12.4 Å². The van der Waals surface area contributed by atoms with Crippen LogP contribution in [-0.2, 0) is 6.54 Å². The molecule has 0 aliphatic carbocycles. The van der Waals surface area contributed by atoms with Crippen LogP contribution in [0.2, 0.25) is 4.34 Å². The molecule has 0 fully saturated rings. The Balaban J connectivity index is 2.20. The van der Waals surface area contributed by atoms with Gasteiger partial charge < -0.3 is 5.73 Å². The number of nitrogens with zero attached hydrogens (tertiary/aromatic N) is 4. The van der Waals surface area contributed by atoms with Gasteiger partial charge in [0.05, 0.1) is 16.9 Å². The van der Waals surface area contributed by atoms with Gasteiger partial charge in [0.1, 0.15) is 0 Å². The lowest BCUT2D eigenvalue weighted by atomic mass is 10.3. The van der Waals surface area contributed by atoms with Crippen LogP contribution in [-0.4, -0.2) is 20.2 Å². The number of hydrogen-bond acceptors (Lipinski definition) is 5. The third-order valence-corrected chi connectivity index (χ3v) is 3.12. The van der Waals surface area contributed by atoms with Crippen LogP contribution >= 0.6 is 22.9 Å². The van der Waals surface area contributed by atoms with Crippen molar-refractivity contribution in [3.63, 3.8) is 0 Å². The number of halogens is 1. The summed E-state index contributed by atoms with van der Waals surface area (Å²) in [6.07, 6.45) is 0. The number of aromatic nitrogens is 4. The van der Waals surface area contributed by atoms with E-state index in [0.717, 1.165) is 9.21 Å². The van der Waals surface area contributed by atoms with Gasteiger partial charge in [-0.15, -0.1) is 16.4 Å². The summed E-state index contributed by atoms with van der Waals surface area (Å²) < 4.78 is 2.45. The lowest BCUT2D eigenvalue weighted by molar-refractivity contribution is 0.592. The normalized spacial score (nSPS) is 13.0. The fourth-order valence-electron chi connectivity index (χ4n) is 1.23. The molecule has 15 heavy (non-hydrogen) atoms. The summed E-state index contributed by atoms with van der Waals surface area (Å²) in [5, 5.41) is 11.3. The molecule has 2 rings (SSSR count). The van der Waals surface area contributed by atoms with Crippen LogP contribution in [0.4, 0.5) is 0 Å². The summed E-state index contributed by atoms with van der Waals surface area (Å²) in [6.45, 7) is 2.46. The van der Waals surface area contributed by atoms with Crippen molar-refractivity contribution in [2.45, 2.75) is 19.5 Å². The minimum atomic E-state index is -0.171. The standard InChI is InChI=1S/C8H10ClN5S/c1-5(10)8-11-12-13-14(8)4-6-2-3-7(9)15-6/h2-3,5H,4,10H2,1H3. The third kappa shape index (κ3) is 2.34. The van der Waals surface area contributed by atoms with Gasteiger partial charge in [-0.3, -0.25) is 0 Å². The molecule has 2 aromatic rings. The molecule has 0 aliphatic rings. The molecule has 1 atom stereocenters. The van der Waals surface area contributed by atoms with E-state index in [1.165, 1.54) is 11.3 Å². The first-order chi connectivity index (χ1) is 7.16. The number of tetrazole rings is 1. The quantitative estimate of drug-likeness (QED) is 0.886. The molecule has 2 N–H and O–H groups in total. The highest BCUT2D eigenvalue weighted by molar-refractivity contribution is 7.16. The molecule has 5 nitrogen and oxygen atoms in total. The van der Waals surface area contributed by atoms with Gasteiger partial charge in [-0.25, -0.2) is 4.68 Å². The monoisotopic (exact) mass is 243 g/mol. The molecular formula is C8H10ClN5S. The van der Waals surface area contributed by atoms with Crippen molar-refractivity contribution in [2.24, 2.45) is 5.73 Å². The van der Waals surface area contributed by atoms with Gasteiger partial charge in [0, 0.05) is 4.88 Å². The van der Waals surface area contributed by atoms with Crippen molar-refractivity contribution in [1.29, 1.82) is 0 Å². The smallest absolute Gasteiger partial charge is 0.168 e. The number of thiophene rings is 1. The highest BCUT2D eigenvalue weighted by Gasteiger charge is 2.11. The van der Waals surface area contributed by atoms with E-state index in [-0.39, 0.29) is 6.04 Å². The lowest BCUT2D eigenvalue weighted by Gasteiger charge is -2.04. The van der Waals surface area contributed by atoms with E-state index < -0.39 is 0 Å². The van der Waals surface area contributed by atoms with Crippen LogP contribution in [0.5, 0.6) is 0 Å². The van der Waals surface area contributed by atoms with E-state index in [4.69, 9.17) is 17.3 Å². The molecule has 0 aliphatic heterocycles. The summed E-state index contributed by atoms with van der Waals surface area (Å²) >= 11 is 7.35. The van der Waals surface area contributed by atoms with Crippen LogP contribution < -0.4 is 5.73 Å². The molecule has 0 amide bonds. The third-order valence-electron chi connectivity index (χ3n) is 1.90. The Kier molecular flexibility index (Phi) is 2.99. The zero-order valence-corrected chi connectivity index (χ0v) is 9.66. The van der Waals surface area contributed by atoms with E-state index in [1.807, 2.05) is 19.1 Å². The maximum absolute atomic E-state index is 5.84. The predicted molar refractivity (Wildman–Crippen MR) is 58.9 cm³/mol. The largest absolute Gasteiger partial charge is 0.322 e. The minimum absolute atomic E-state index is 0.171. The van der Waals surface area contributed by atoms with Crippen LogP contribution in [0, 0.1) is 0 Å². The highest BCUT2D eigenvalue weighted by Crippen LogP contribution is 2.22. The van der Waals surface area contributed by atoms with Gasteiger partial charge in [0.25, 0.3) is 0 Å². The van der Waals surface area contributed by atoms with Gasteiger partial charge in [-0.05, 0) is 29.5 Å². The molecule has 2 heterocycles. The number of rotatable bonds is 3. The van der Waals surface area contributed by atoms with Gasteiger partial charge in [-0.2, -0.15) is 0 Å². The zero-order chi connectivity index (χ0) is 10.8. The van der Waals surface area contributed by atoms with E-state index in [9.17, 15) is 0 Å². The van der Waals surface area contributed by atoms with Crippen molar-refractivity contribution < 1.29 is 0 Å². The maximum Gasteiger partial charge on any atom is 0.168 e. The van der Waals surface area contributed by atoms with Gasteiger partial charge in [-0.1, -0.05) is 11.6 Å². The van der Waals surface area contributed by atoms with Crippen molar-refractivity contribution in [1.82, 2.24) is 20.2 Å². The molecule has 0 aromatic carbocycles. The Bertz CT molecular complexity index is 449. The Morgan fingerprint density at radius 1 is 1.60 bits per heavy atom. The van der Waals surface area contributed by atoms with Crippen molar-refractivity contribution in [3.8, 4) is 0 Å². The Labute approximate surface area is 95.9 Å². The average Bonchev–Trinajstić information content (AvgIpc) is 2.75. The van der Waals surface area contributed by atoms with Gasteiger partial charge in [0.2, 0.25) is 0 Å². The van der Waals surface area contributed by atoms with E-state index in [1.54, 1.807) is 4.68 Å². The second-order valence-corrected chi connectivity index (χ2v) is 4.99. The molecular weight excluding hydrogens is 234 g/mol. The molecule has 2 aromatic heterocycles. The summed E-state index contributed by atoms with van der Waals surface area (Å²) in [5.74, 6) is 0.680. The Morgan fingerprint density at radius 3 is 3.00 bits per heavy atom. The molecule has 0 bridgehead atoms.